The Balaban J connectivity index is 2.51. The molecule has 1 N–H and O–H groups in total. The smallest absolute Gasteiger partial charge is 0.266 e. The van der Waals surface area contributed by atoms with Crippen LogP contribution in [0.15, 0.2) is 35.5 Å². The summed E-state index contributed by atoms with van der Waals surface area (Å²) in [5, 5.41) is 6.07. The van der Waals surface area contributed by atoms with Crippen LogP contribution in [0.5, 0.6) is 0 Å². The van der Waals surface area contributed by atoms with Gasteiger partial charge in [0, 0.05) is 12.1 Å². The second-order valence-electron chi connectivity index (χ2n) is 4.01. The third kappa shape index (κ3) is 2.64. The molecular formula is C12H13ClFN3O2S. The first kappa shape index (κ1) is 14.8. The van der Waals surface area contributed by atoms with E-state index in [2.05, 4.69) is 10.2 Å². The van der Waals surface area contributed by atoms with Crippen LogP contribution in [0.4, 0.5) is 10.1 Å². The van der Waals surface area contributed by atoms with Gasteiger partial charge < -0.3 is 0 Å². The number of rotatable bonds is 5. The van der Waals surface area contributed by atoms with Crippen molar-refractivity contribution in [3.63, 3.8) is 0 Å². The van der Waals surface area contributed by atoms with Crippen molar-refractivity contribution in [2.75, 3.05) is 10.8 Å². The topological polar surface area (TPSA) is 66.1 Å². The molecule has 0 unspecified atom stereocenters. The average Bonchev–Trinajstić information content (AvgIpc) is 2.88. The number of benzene rings is 1. The zero-order chi connectivity index (χ0) is 14.8. The van der Waals surface area contributed by atoms with Gasteiger partial charge in [0.15, 0.2) is 5.03 Å². The van der Waals surface area contributed by atoms with Crippen LogP contribution >= 0.6 is 11.6 Å². The summed E-state index contributed by atoms with van der Waals surface area (Å²) in [6, 6.07) is 5.40. The highest BCUT2D eigenvalue weighted by atomic mass is 35.5. The molecule has 1 aromatic carbocycles. The lowest BCUT2D eigenvalue weighted by molar-refractivity contribution is 0.586. The fraction of sp³-hybridized carbons (Fsp3) is 0.250. The van der Waals surface area contributed by atoms with Crippen LogP contribution in [0, 0.1) is 5.82 Å². The minimum Gasteiger partial charge on any atom is -0.266 e. The van der Waals surface area contributed by atoms with E-state index >= 15 is 0 Å². The molecule has 1 aromatic heterocycles. The van der Waals surface area contributed by atoms with Crippen molar-refractivity contribution in [1.29, 1.82) is 0 Å². The monoisotopic (exact) mass is 317 g/mol. The zero-order valence-electron chi connectivity index (χ0n) is 10.7. The fourth-order valence-electron chi connectivity index (χ4n) is 1.85. The number of aromatic amines is 1. The van der Waals surface area contributed by atoms with Crippen molar-refractivity contribution < 1.29 is 12.8 Å². The molecule has 0 aliphatic rings. The molecule has 0 spiro atoms. The summed E-state index contributed by atoms with van der Waals surface area (Å²) in [5.74, 6) is -0.482. The van der Waals surface area contributed by atoms with Crippen molar-refractivity contribution in [3.05, 3.63) is 41.8 Å². The molecule has 0 atom stereocenters. The lowest BCUT2D eigenvalue weighted by atomic mass is 10.3. The Morgan fingerprint density at radius 3 is 2.80 bits per heavy atom. The van der Waals surface area contributed by atoms with Gasteiger partial charge in [0.2, 0.25) is 0 Å². The molecule has 0 aliphatic carbocycles. The highest BCUT2D eigenvalue weighted by Crippen LogP contribution is 2.25. The number of anilines is 1. The molecule has 2 aromatic rings. The number of H-pyrrole nitrogens is 1. The van der Waals surface area contributed by atoms with Crippen LogP contribution in [-0.4, -0.2) is 25.2 Å². The first-order valence-corrected chi connectivity index (χ1v) is 7.84. The second-order valence-corrected chi connectivity index (χ2v) is 6.07. The van der Waals surface area contributed by atoms with E-state index in [0.717, 1.165) is 10.4 Å². The Labute approximate surface area is 121 Å². The van der Waals surface area contributed by atoms with Crippen molar-refractivity contribution >= 4 is 27.3 Å². The highest BCUT2D eigenvalue weighted by Gasteiger charge is 2.28. The summed E-state index contributed by atoms with van der Waals surface area (Å²) in [5.41, 5.74) is 0.629. The van der Waals surface area contributed by atoms with Crippen LogP contribution in [-0.2, 0) is 15.9 Å². The van der Waals surface area contributed by atoms with Crippen molar-refractivity contribution in [2.45, 2.75) is 17.8 Å². The molecule has 2 rings (SSSR count). The molecule has 0 bridgehead atoms. The van der Waals surface area contributed by atoms with E-state index in [0.29, 0.717) is 5.56 Å². The third-order valence-electron chi connectivity index (χ3n) is 2.75. The van der Waals surface area contributed by atoms with E-state index in [9.17, 15) is 12.8 Å². The zero-order valence-corrected chi connectivity index (χ0v) is 12.2. The molecule has 8 heteroatoms. The lowest BCUT2D eigenvalue weighted by Crippen LogP contribution is -2.31. The van der Waals surface area contributed by atoms with Gasteiger partial charge in [-0.05, 0) is 25.1 Å². The largest absolute Gasteiger partial charge is 0.281 e. The van der Waals surface area contributed by atoms with Crippen LogP contribution in [0.1, 0.15) is 12.5 Å². The molecule has 20 heavy (non-hydrogen) atoms. The fourth-order valence-corrected chi connectivity index (χ4v) is 3.71. The van der Waals surface area contributed by atoms with Gasteiger partial charge in [0.25, 0.3) is 10.0 Å². The summed E-state index contributed by atoms with van der Waals surface area (Å²) in [6.45, 7) is 1.83. The summed E-state index contributed by atoms with van der Waals surface area (Å²) in [7, 11) is -3.86. The number of hydrogen-bond acceptors (Lipinski definition) is 3. The van der Waals surface area contributed by atoms with E-state index in [1.165, 1.54) is 24.4 Å². The quantitative estimate of drug-likeness (QED) is 0.862. The van der Waals surface area contributed by atoms with Crippen molar-refractivity contribution in [1.82, 2.24) is 10.2 Å². The van der Waals surface area contributed by atoms with Crippen LogP contribution in [0.2, 0.25) is 0 Å². The van der Waals surface area contributed by atoms with Gasteiger partial charge >= 0.3 is 0 Å². The Hall–Kier alpha value is -1.60. The molecule has 0 saturated carbocycles. The van der Waals surface area contributed by atoms with E-state index in [1.54, 1.807) is 6.92 Å². The highest BCUT2D eigenvalue weighted by molar-refractivity contribution is 7.92. The Morgan fingerprint density at radius 2 is 2.20 bits per heavy atom. The first-order chi connectivity index (χ1) is 9.50. The third-order valence-corrected chi connectivity index (χ3v) is 4.96. The molecule has 0 amide bonds. The summed E-state index contributed by atoms with van der Waals surface area (Å²) < 4.78 is 39.6. The minimum absolute atomic E-state index is 0.0196. The SMILES string of the molecule is CCN(c1cccc(F)c1)S(=O)(=O)c1[nH]ncc1CCl. The van der Waals surface area contributed by atoms with Gasteiger partial charge in [-0.25, -0.2) is 4.39 Å². The first-order valence-electron chi connectivity index (χ1n) is 5.87. The van der Waals surface area contributed by atoms with E-state index in [4.69, 9.17) is 11.6 Å². The average molecular weight is 318 g/mol. The molecule has 1 heterocycles. The lowest BCUT2D eigenvalue weighted by Gasteiger charge is -2.22. The van der Waals surface area contributed by atoms with E-state index < -0.39 is 15.8 Å². The van der Waals surface area contributed by atoms with Gasteiger partial charge in [-0.3, -0.25) is 9.40 Å². The molecular weight excluding hydrogens is 305 g/mol. The Morgan fingerprint density at radius 1 is 1.45 bits per heavy atom. The number of halogens is 2. The van der Waals surface area contributed by atoms with Crippen LogP contribution < -0.4 is 4.31 Å². The van der Waals surface area contributed by atoms with E-state index in [1.807, 2.05) is 0 Å². The number of hydrogen-bond donors (Lipinski definition) is 1. The van der Waals surface area contributed by atoms with Gasteiger partial charge in [0.05, 0.1) is 17.8 Å². The Bertz CT molecular complexity index is 702. The standard InChI is InChI=1S/C12H13ClFN3O2S/c1-2-17(11-5-3-4-10(14)6-11)20(18,19)12-9(7-13)8-15-16-12/h3-6,8H,2,7H2,1H3,(H,15,16). The maximum Gasteiger partial charge on any atom is 0.281 e. The second kappa shape index (κ2) is 5.80. The number of aromatic nitrogens is 2. The molecule has 5 nitrogen and oxygen atoms in total. The molecule has 0 radical (unpaired) electrons. The minimum atomic E-state index is -3.86. The Kier molecular flexibility index (Phi) is 4.29. The van der Waals surface area contributed by atoms with Crippen molar-refractivity contribution in [3.8, 4) is 0 Å². The van der Waals surface area contributed by atoms with Crippen molar-refractivity contribution in [2.24, 2.45) is 0 Å². The summed E-state index contributed by atoms with van der Waals surface area (Å²) in [4.78, 5) is 0. The molecule has 0 fully saturated rings. The normalized spacial score (nSPS) is 11.6. The summed E-state index contributed by atoms with van der Waals surface area (Å²) >= 11 is 5.70. The predicted molar refractivity (Wildman–Crippen MR) is 74.8 cm³/mol. The van der Waals surface area contributed by atoms with Gasteiger partial charge in [-0.15, -0.1) is 11.6 Å². The number of nitrogens with one attached hydrogen (secondary N) is 1. The number of sulfonamides is 1. The number of nitrogens with zero attached hydrogens (tertiary/aromatic N) is 2. The number of alkyl halides is 1. The predicted octanol–water partition coefficient (Wildman–Crippen LogP) is 2.50. The maximum absolute atomic E-state index is 13.3. The van der Waals surface area contributed by atoms with E-state index in [-0.39, 0.29) is 23.1 Å². The molecule has 108 valence electrons. The summed E-state index contributed by atoms with van der Waals surface area (Å²) in [6.07, 6.45) is 1.36. The van der Waals surface area contributed by atoms with Crippen LogP contribution in [0.3, 0.4) is 0 Å². The maximum atomic E-state index is 13.3. The van der Waals surface area contributed by atoms with Gasteiger partial charge in [-0.2, -0.15) is 13.5 Å². The van der Waals surface area contributed by atoms with Crippen LogP contribution in [0.25, 0.3) is 0 Å². The molecule has 0 saturated heterocycles. The van der Waals surface area contributed by atoms with Gasteiger partial charge in [0.1, 0.15) is 5.82 Å². The molecule has 0 aliphatic heterocycles. The van der Waals surface area contributed by atoms with Gasteiger partial charge in [-0.1, -0.05) is 6.07 Å².